The van der Waals surface area contributed by atoms with E-state index >= 15 is 0 Å². The van der Waals surface area contributed by atoms with Gasteiger partial charge in [-0.15, -0.1) is 0 Å². The molecule has 0 N–H and O–H groups in total. The highest BCUT2D eigenvalue weighted by Gasteiger charge is 2.23. The van der Waals surface area contributed by atoms with Crippen LogP contribution in [0.15, 0.2) is 36.4 Å². The monoisotopic (exact) mass is 238 g/mol. The average Bonchev–Trinajstić information content (AvgIpc) is 2.87. The van der Waals surface area contributed by atoms with Crippen LogP contribution in [0.25, 0.3) is 11.1 Å². The topological polar surface area (TPSA) is 34.1 Å². The van der Waals surface area contributed by atoms with E-state index < -0.39 is 0 Å². The quantitative estimate of drug-likeness (QED) is 0.639. The summed E-state index contributed by atoms with van der Waals surface area (Å²) in [5.41, 5.74) is 6.39. The maximum absolute atomic E-state index is 10.2. The Morgan fingerprint density at radius 1 is 0.778 bits per heavy atom. The van der Waals surface area contributed by atoms with Crippen LogP contribution in [0.1, 0.15) is 31.8 Å². The molecule has 0 aliphatic heterocycles. The molecule has 2 heteroatoms. The molecule has 3 rings (SSSR count). The third kappa shape index (κ3) is 2.54. The van der Waals surface area contributed by atoms with E-state index in [1.807, 2.05) is 50.2 Å². The van der Waals surface area contributed by atoms with Gasteiger partial charge in [0.15, 0.2) is 6.29 Å². The highest BCUT2D eigenvalue weighted by Crippen LogP contribution is 2.42. The number of rotatable bonds is 2. The van der Waals surface area contributed by atoms with Gasteiger partial charge in [-0.1, -0.05) is 42.0 Å². The molecule has 0 heterocycles. The van der Waals surface area contributed by atoms with E-state index in [0.717, 1.165) is 34.8 Å². The summed E-state index contributed by atoms with van der Waals surface area (Å²) in [6.07, 6.45) is 1.77. The lowest BCUT2D eigenvalue weighted by Crippen LogP contribution is -1.77. The number of aldehydes is 2. The Hall–Kier alpha value is -2.22. The van der Waals surface area contributed by atoms with Gasteiger partial charge < -0.3 is 0 Å². The fourth-order valence-electron chi connectivity index (χ4n) is 1.81. The Balaban J connectivity index is 0.000000134. The van der Waals surface area contributed by atoms with Crippen LogP contribution < -0.4 is 0 Å². The first-order valence-corrected chi connectivity index (χ1v) is 5.77. The van der Waals surface area contributed by atoms with Crippen molar-refractivity contribution in [2.75, 3.05) is 0 Å². The minimum Gasteiger partial charge on any atom is -0.298 e. The normalized spacial score (nSPS) is 10.1. The van der Waals surface area contributed by atoms with Gasteiger partial charge in [-0.25, -0.2) is 0 Å². The van der Waals surface area contributed by atoms with Crippen LogP contribution in [0, 0.1) is 13.8 Å². The number of hydrogen-bond acceptors (Lipinski definition) is 2. The highest BCUT2D eigenvalue weighted by molar-refractivity contribution is 6.08. The van der Waals surface area contributed by atoms with Gasteiger partial charge in [0.2, 0.25) is 0 Å². The molecule has 0 saturated heterocycles. The van der Waals surface area contributed by atoms with E-state index in [-0.39, 0.29) is 0 Å². The van der Waals surface area contributed by atoms with Crippen LogP contribution in [0.3, 0.4) is 0 Å². The lowest BCUT2D eigenvalue weighted by molar-refractivity contribution is 0.111. The standard InChI is InChI=1S/C8H6O.C8H8O/c1-5-2-6-7(3-5)8(6)4-9;1-7-2-4-8(6-9)5-3-7/h2-4H,1H3;2-6H,1H3. The van der Waals surface area contributed by atoms with Crippen LogP contribution in [0.5, 0.6) is 0 Å². The zero-order valence-electron chi connectivity index (χ0n) is 10.4. The predicted molar refractivity (Wildman–Crippen MR) is 72.1 cm³/mol. The van der Waals surface area contributed by atoms with Crippen molar-refractivity contribution in [2.24, 2.45) is 0 Å². The van der Waals surface area contributed by atoms with Gasteiger partial charge in [0, 0.05) is 11.1 Å². The van der Waals surface area contributed by atoms with E-state index in [4.69, 9.17) is 0 Å². The fraction of sp³-hybridized carbons (Fsp3) is 0.125. The van der Waals surface area contributed by atoms with Gasteiger partial charge >= 0.3 is 0 Å². The maximum atomic E-state index is 10.2. The second-order valence-electron chi connectivity index (χ2n) is 4.42. The smallest absolute Gasteiger partial charge is 0.151 e. The second kappa shape index (κ2) is 4.96. The van der Waals surface area contributed by atoms with Crippen molar-refractivity contribution in [3.05, 3.63) is 58.7 Å². The summed E-state index contributed by atoms with van der Waals surface area (Å²) >= 11 is 0. The number of carbonyl (C=O) groups excluding carboxylic acids is 2. The van der Waals surface area contributed by atoms with E-state index in [0.29, 0.717) is 0 Å². The van der Waals surface area contributed by atoms with E-state index in [1.165, 1.54) is 11.1 Å². The average molecular weight is 238 g/mol. The van der Waals surface area contributed by atoms with Crippen LogP contribution in [-0.2, 0) is 0 Å². The Labute approximate surface area is 106 Å². The molecule has 18 heavy (non-hydrogen) atoms. The van der Waals surface area contributed by atoms with Crippen molar-refractivity contribution in [2.45, 2.75) is 13.8 Å². The van der Waals surface area contributed by atoms with E-state index in [1.54, 1.807) is 0 Å². The van der Waals surface area contributed by atoms with E-state index in [9.17, 15) is 9.59 Å². The number of aryl methyl sites for hydroxylation is 2. The number of hydrogen-bond donors (Lipinski definition) is 0. The molecular formula is C16H14O2. The minimum absolute atomic E-state index is 0.737. The zero-order valence-corrected chi connectivity index (χ0v) is 10.4. The zero-order chi connectivity index (χ0) is 13.1. The fourth-order valence-corrected chi connectivity index (χ4v) is 1.81. The van der Waals surface area contributed by atoms with Crippen LogP contribution in [-0.4, -0.2) is 12.6 Å². The summed E-state index contributed by atoms with van der Waals surface area (Å²) in [6.45, 7) is 4.03. The first-order valence-electron chi connectivity index (χ1n) is 5.77. The molecular weight excluding hydrogens is 224 g/mol. The summed E-state index contributed by atoms with van der Waals surface area (Å²) in [5, 5.41) is 0. The molecule has 0 atom stereocenters. The van der Waals surface area contributed by atoms with Gasteiger partial charge in [0.1, 0.15) is 6.29 Å². The molecule has 1 aromatic rings. The molecule has 0 amide bonds. The molecule has 2 aliphatic carbocycles. The van der Waals surface area contributed by atoms with Gasteiger partial charge in [0.05, 0.1) is 0 Å². The summed E-state index contributed by atoms with van der Waals surface area (Å²) in [5.74, 6) is 0. The molecule has 2 aliphatic rings. The van der Waals surface area contributed by atoms with Crippen molar-refractivity contribution in [1.82, 2.24) is 0 Å². The van der Waals surface area contributed by atoms with Crippen molar-refractivity contribution < 1.29 is 9.59 Å². The highest BCUT2D eigenvalue weighted by atomic mass is 16.1. The third-order valence-corrected chi connectivity index (χ3v) is 2.88. The molecule has 0 saturated carbocycles. The second-order valence-corrected chi connectivity index (χ2v) is 4.42. The summed E-state index contributed by atoms with van der Waals surface area (Å²) in [6, 6.07) is 11.5. The summed E-state index contributed by atoms with van der Waals surface area (Å²) in [4.78, 5) is 20.3. The molecule has 0 spiro atoms. The molecule has 0 unspecified atom stereocenters. The molecule has 1 aromatic carbocycles. The summed E-state index contributed by atoms with van der Waals surface area (Å²) < 4.78 is 0. The maximum Gasteiger partial charge on any atom is 0.151 e. The van der Waals surface area contributed by atoms with Crippen molar-refractivity contribution in [3.63, 3.8) is 0 Å². The predicted octanol–water partition coefficient (Wildman–Crippen LogP) is 3.60. The number of carbonyl (C=O) groups is 2. The molecule has 0 fully saturated rings. The van der Waals surface area contributed by atoms with Crippen molar-refractivity contribution >= 4 is 12.6 Å². The minimum atomic E-state index is 0.737. The lowest BCUT2D eigenvalue weighted by atomic mass is 10.2. The third-order valence-electron chi connectivity index (χ3n) is 2.88. The van der Waals surface area contributed by atoms with Gasteiger partial charge in [-0.2, -0.15) is 0 Å². The van der Waals surface area contributed by atoms with Crippen LogP contribution in [0.4, 0.5) is 0 Å². The largest absolute Gasteiger partial charge is 0.298 e. The lowest BCUT2D eigenvalue weighted by Gasteiger charge is -1.89. The van der Waals surface area contributed by atoms with Gasteiger partial charge in [0.25, 0.3) is 0 Å². The Morgan fingerprint density at radius 3 is 1.78 bits per heavy atom. The Morgan fingerprint density at radius 2 is 1.33 bits per heavy atom. The van der Waals surface area contributed by atoms with Crippen molar-refractivity contribution in [3.8, 4) is 11.1 Å². The molecule has 90 valence electrons. The van der Waals surface area contributed by atoms with Gasteiger partial charge in [-0.05, 0) is 30.5 Å². The van der Waals surface area contributed by atoms with Crippen LogP contribution in [0.2, 0.25) is 0 Å². The molecule has 0 bridgehead atoms. The number of fused-ring (bicyclic) bond motifs is 1. The van der Waals surface area contributed by atoms with E-state index in [2.05, 4.69) is 0 Å². The molecule has 0 radical (unpaired) electrons. The Bertz CT molecular complexity index is 566. The first kappa shape index (κ1) is 12.2. The number of benzene rings is 2. The first-order chi connectivity index (χ1) is 8.65. The molecule has 2 nitrogen and oxygen atoms in total. The SMILES string of the molecule is Cc1cc2c(C=O)c-2c1.Cc1ccc(C=O)cc1. The van der Waals surface area contributed by atoms with Crippen molar-refractivity contribution in [1.29, 1.82) is 0 Å². The summed E-state index contributed by atoms with van der Waals surface area (Å²) in [7, 11) is 0. The van der Waals surface area contributed by atoms with Gasteiger partial charge in [-0.3, -0.25) is 9.59 Å². The molecule has 0 aromatic heterocycles. The van der Waals surface area contributed by atoms with Crippen LogP contribution >= 0.6 is 0 Å². The Kier molecular flexibility index (Phi) is 3.38.